The Morgan fingerprint density at radius 1 is 1.35 bits per heavy atom. The SMILES string of the molecule is CCOc1ccc(-c2c(C#N)c(N)nc3c2CN(C)CC3)cc1. The Morgan fingerprint density at radius 2 is 2.09 bits per heavy atom. The maximum absolute atomic E-state index is 9.56. The van der Waals surface area contributed by atoms with Gasteiger partial charge in [-0.15, -0.1) is 0 Å². The second kappa shape index (κ2) is 6.27. The quantitative estimate of drug-likeness (QED) is 0.943. The van der Waals surface area contributed by atoms with E-state index in [1.54, 1.807) is 0 Å². The van der Waals surface area contributed by atoms with Gasteiger partial charge in [-0.05, 0) is 37.2 Å². The average molecular weight is 308 g/mol. The lowest BCUT2D eigenvalue weighted by Gasteiger charge is -2.27. The molecule has 23 heavy (non-hydrogen) atoms. The predicted molar refractivity (Wildman–Crippen MR) is 90.0 cm³/mol. The summed E-state index contributed by atoms with van der Waals surface area (Å²) < 4.78 is 5.50. The Hall–Kier alpha value is -2.58. The lowest BCUT2D eigenvalue weighted by Crippen LogP contribution is -2.28. The van der Waals surface area contributed by atoms with Crippen molar-refractivity contribution < 1.29 is 4.74 Å². The van der Waals surface area contributed by atoms with Crippen LogP contribution in [-0.4, -0.2) is 30.1 Å². The number of ether oxygens (including phenoxy) is 1. The third-order valence-corrected chi connectivity index (χ3v) is 4.14. The molecule has 1 aliphatic heterocycles. The fraction of sp³-hybridized carbons (Fsp3) is 0.333. The summed E-state index contributed by atoms with van der Waals surface area (Å²) in [5.74, 6) is 1.14. The van der Waals surface area contributed by atoms with Gasteiger partial charge in [-0.2, -0.15) is 5.26 Å². The monoisotopic (exact) mass is 308 g/mol. The lowest BCUT2D eigenvalue weighted by molar-refractivity contribution is 0.310. The van der Waals surface area contributed by atoms with Gasteiger partial charge in [0.2, 0.25) is 0 Å². The fourth-order valence-electron chi connectivity index (χ4n) is 3.03. The number of likely N-dealkylation sites (N-methyl/N-ethyl adjacent to an activating group) is 1. The van der Waals surface area contributed by atoms with Gasteiger partial charge < -0.3 is 15.4 Å². The molecule has 2 aromatic rings. The van der Waals surface area contributed by atoms with E-state index in [1.807, 2.05) is 31.2 Å². The predicted octanol–water partition coefficient (Wildman–Crippen LogP) is 2.59. The minimum atomic E-state index is 0.319. The average Bonchev–Trinajstić information content (AvgIpc) is 2.55. The van der Waals surface area contributed by atoms with E-state index in [1.165, 1.54) is 0 Å². The minimum absolute atomic E-state index is 0.319. The highest BCUT2D eigenvalue weighted by molar-refractivity contribution is 5.79. The number of fused-ring (bicyclic) bond motifs is 1. The number of hydrogen-bond acceptors (Lipinski definition) is 5. The number of aromatic nitrogens is 1. The summed E-state index contributed by atoms with van der Waals surface area (Å²) in [5, 5.41) is 9.56. The molecule has 118 valence electrons. The first kappa shape index (κ1) is 15.3. The Kier molecular flexibility index (Phi) is 4.18. The van der Waals surface area contributed by atoms with Gasteiger partial charge in [0.05, 0.1) is 6.61 Å². The van der Waals surface area contributed by atoms with Gasteiger partial charge in [0.25, 0.3) is 0 Å². The van der Waals surface area contributed by atoms with E-state index in [4.69, 9.17) is 10.5 Å². The van der Waals surface area contributed by atoms with Gasteiger partial charge >= 0.3 is 0 Å². The normalized spacial score (nSPS) is 14.1. The van der Waals surface area contributed by atoms with Crippen LogP contribution in [0.5, 0.6) is 5.75 Å². The molecular weight excluding hydrogens is 288 g/mol. The van der Waals surface area contributed by atoms with E-state index in [9.17, 15) is 5.26 Å². The highest BCUT2D eigenvalue weighted by Crippen LogP contribution is 2.35. The largest absolute Gasteiger partial charge is 0.494 e. The molecule has 0 unspecified atom stereocenters. The van der Waals surface area contributed by atoms with Gasteiger partial charge in [-0.25, -0.2) is 4.98 Å². The second-order valence-electron chi connectivity index (χ2n) is 5.73. The molecule has 1 aromatic heterocycles. The summed E-state index contributed by atoms with van der Waals surface area (Å²) in [4.78, 5) is 6.69. The van der Waals surface area contributed by atoms with Crippen molar-refractivity contribution in [3.63, 3.8) is 0 Å². The van der Waals surface area contributed by atoms with Gasteiger partial charge in [0.1, 0.15) is 23.2 Å². The molecule has 0 amide bonds. The molecule has 5 heteroatoms. The van der Waals surface area contributed by atoms with Gasteiger partial charge in [0, 0.05) is 30.8 Å². The summed E-state index contributed by atoms with van der Waals surface area (Å²) in [7, 11) is 2.08. The first-order valence-corrected chi connectivity index (χ1v) is 7.77. The fourth-order valence-corrected chi connectivity index (χ4v) is 3.03. The molecule has 0 bridgehead atoms. The molecule has 0 saturated heterocycles. The van der Waals surface area contributed by atoms with Crippen LogP contribution in [0.15, 0.2) is 24.3 Å². The third kappa shape index (κ3) is 2.86. The topological polar surface area (TPSA) is 75.2 Å². The van der Waals surface area contributed by atoms with E-state index in [0.29, 0.717) is 18.0 Å². The smallest absolute Gasteiger partial charge is 0.142 e. The van der Waals surface area contributed by atoms with Crippen molar-refractivity contribution in [3.8, 4) is 22.9 Å². The number of anilines is 1. The highest BCUT2D eigenvalue weighted by atomic mass is 16.5. The zero-order valence-corrected chi connectivity index (χ0v) is 13.5. The molecule has 2 N–H and O–H groups in total. The summed E-state index contributed by atoms with van der Waals surface area (Å²) in [6.07, 6.45) is 0.853. The molecule has 0 fully saturated rings. The second-order valence-corrected chi connectivity index (χ2v) is 5.73. The molecule has 1 aromatic carbocycles. The highest BCUT2D eigenvalue weighted by Gasteiger charge is 2.23. The Balaban J connectivity index is 2.16. The number of hydrogen-bond donors (Lipinski definition) is 1. The van der Waals surface area contributed by atoms with Crippen molar-refractivity contribution in [3.05, 3.63) is 41.1 Å². The number of pyridine rings is 1. The summed E-state index contributed by atoms with van der Waals surface area (Å²) in [5.41, 5.74) is 10.5. The Bertz CT molecular complexity index is 762. The van der Waals surface area contributed by atoms with E-state index < -0.39 is 0 Å². The van der Waals surface area contributed by atoms with Crippen molar-refractivity contribution in [1.82, 2.24) is 9.88 Å². The van der Waals surface area contributed by atoms with Crippen LogP contribution in [0.3, 0.4) is 0 Å². The molecule has 3 rings (SSSR count). The third-order valence-electron chi connectivity index (χ3n) is 4.14. The van der Waals surface area contributed by atoms with Crippen LogP contribution < -0.4 is 10.5 Å². The van der Waals surface area contributed by atoms with Crippen LogP contribution in [0, 0.1) is 11.3 Å². The Labute approximate surface area is 136 Å². The minimum Gasteiger partial charge on any atom is -0.494 e. The molecule has 0 saturated carbocycles. The number of nitrogen functional groups attached to an aromatic ring is 1. The van der Waals surface area contributed by atoms with Crippen LogP contribution in [0.2, 0.25) is 0 Å². The molecule has 2 heterocycles. The Morgan fingerprint density at radius 3 is 2.74 bits per heavy atom. The molecular formula is C18H20N4O. The van der Waals surface area contributed by atoms with Crippen molar-refractivity contribution in [2.45, 2.75) is 19.9 Å². The first-order valence-electron chi connectivity index (χ1n) is 7.77. The molecule has 0 spiro atoms. The van der Waals surface area contributed by atoms with Crippen LogP contribution >= 0.6 is 0 Å². The van der Waals surface area contributed by atoms with E-state index >= 15 is 0 Å². The molecule has 1 aliphatic rings. The van der Waals surface area contributed by atoms with Gasteiger partial charge in [-0.1, -0.05) is 12.1 Å². The van der Waals surface area contributed by atoms with Crippen molar-refractivity contribution in [2.75, 3.05) is 25.9 Å². The van der Waals surface area contributed by atoms with Crippen LogP contribution in [-0.2, 0) is 13.0 Å². The molecule has 0 aliphatic carbocycles. The summed E-state index contributed by atoms with van der Waals surface area (Å²) >= 11 is 0. The number of rotatable bonds is 3. The van der Waals surface area contributed by atoms with Gasteiger partial charge in [0.15, 0.2) is 0 Å². The van der Waals surface area contributed by atoms with E-state index in [-0.39, 0.29) is 0 Å². The molecule has 0 atom stereocenters. The molecule has 0 radical (unpaired) electrons. The maximum atomic E-state index is 9.56. The van der Waals surface area contributed by atoms with Crippen molar-refractivity contribution >= 4 is 5.82 Å². The summed E-state index contributed by atoms with van der Waals surface area (Å²) in [6.45, 7) is 4.32. The zero-order valence-electron chi connectivity index (χ0n) is 13.5. The number of benzene rings is 1. The molecule has 5 nitrogen and oxygen atoms in total. The van der Waals surface area contributed by atoms with E-state index in [0.717, 1.165) is 47.6 Å². The van der Waals surface area contributed by atoms with Crippen molar-refractivity contribution in [1.29, 1.82) is 5.26 Å². The summed E-state index contributed by atoms with van der Waals surface area (Å²) in [6, 6.07) is 10.0. The van der Waals surface area contributed by atoms with Gasteiger partial charge in [-0.3, -0.25) is 0 Å². The lowest BCUT2D eigenvalue weighted by atomic mass is 9.91. The number of nitrogens with zero attached hydrogens (tertiary/aromatic N) is 3. The maximum Gasteiger partial charge on any atom is 0.142 e. The number of nitriles is 1. The first-order chi connectivity index (χ1) is 11.1. The van der Waals surface area contributed by atoms with Crippen LogP contribution in [0.4, 0.5) is 5.82 Å². The zero-order chi connectivity index (χ0) is 16.4. The van der Waals surface area contributed by atoms with Crippen LogP contribution in [0.1, 0.15) is 23.7 Å². The number of nitrogens with two attached hydrogens (primary N) is 1. The standard InChI is InChI=1S/C18H20N4O/c1-3-23-13-6-4-12(5-7-13)17-14(10-19)18(20)21-16-8-9-22(2)11-15(16)17/h4-7H,3,8-9,11H2,1-2H3,(H2,20,21). The van der Waals surface area contributed by atoms with Crippen molar-refractivity contribution in [2.24, 2.45) is 0 Å². The van der Waals surface area contributed by atoms with Crippen LogP contribution in [0.25, 0.3) is 11.1 Å². The van der Waals surface area contributed by atoms with E-state index in [2.05, 4.69) is 23.0 Å².